The summed E-state index contributed by atoms with van der Waals surface area (Å²) < 4.78 is 1.80. The fraction of sp³-hybridized carbons (Fsp3) is 0.412. The van der Waals surface area contributed by atoms with Crippen molar-refractivity contribution in [1.29, 1.82) is 0 Å². The lowest BCUT2D eigenvalue weighted by molar-refractivity contribution is 0.221. The number of anilines is 1. The van der Waals surface area contributed by atoms with Crippen molar-refractivity contribution in [3.8, 4) is 0 Å². The van der Waals surface area contributed by atoms with E-state index in [1.165, 1.54) is 5.56 Å². The molecule has 0 spiro atoms. The van der Waals surface area contributed by atoms with Crippen LogP contribution in [0.5, 0.6) is 0 Å². The number of likely N-dealkylation sites (tertiary alicyclic amines) is 1. The average molecular weight is 298 g/mol. The summed E-state index contributed by atoms with van der Waals surface area (Å²) in [5.74, 6) is 0.548. The van der Waals surface area contributed by atoms with E-state index in [9.17, 15) is 4.79 Å². The summed E-state index contributed by atoms with van der Waals surface area (Å²) in [4.78, 5) is 14.2. The van der Waals surface area contributed by atoms with Gasteiger partial charge < -0.3 is 10.2 Å². The van der Waals surface area contributed by atoms with Crippen LogP contribution in [0, 0.1) is 5.92 Å². The molecule has 0 saturated carbocycles. The topological polar surface area (TPSA) is 50.2 Å². The molecule has 1 fully saturated rings. The summed E-state index contributed by atoms with van der Waals surface area (Å²) in [6.45, 7) is 4.47. The lowest BCUT2D eigenvalue weighted by Gasteiger charge is -2.16. The molecule has 1 aliphatic rings. The van der Waals surface area contributed by atoms with Crippen LogP contribution in [0.25, 0.3) is 0 Å². The normalized spacial score (nSPS) is 17.7. The van der Waals surface area contributed by atoms with Crippen LogP contribution >= 0.6 is 0 Å². The number of benzene rings is 1. The van der Waals surface area contributed by atoms with Gasteiger partial charge in [0.2, 0.25) is 0 Å². The lowest BCUT2D eigenvalue weighted by atomic mass is 9.99. The highest BCUT2D eigenvalue weighted by atomic mass is 16.2. The zero-order valence-corrected chi connectivity index (χ0v) is 12.9. The first-order valence-electron chi connectivity index (χ1n) is 7.87. The third kappa shape index (κ3) is 3.47. The molecule has 1 aliphatic heterocycles. The van der Waals surface area contributed by atoms with Crippen LogP contribution in [-0.4, -0.2) is 33.8 Å². The van der Waals surface area contributed by atoms with Crippen LogP contribution in [-0.2, 0) is 13.0 Å². The highest BCUT2D eigenvalue weighted by Crippen LogP contribution is 2.21. The highest BCUT2D eigenvalue weighted by Gasteiger charge is 2.26. The van der Waals surface area contributed by atoms with Crippen molar-refractivity contribution >= 4 is 11.7 Å². The van der Waals surface area contributed by atoms with Crippen molar-refractivity contribution < 1.29 is 4.79 Å². The zero-order valence-electron chi connectivity index (χ0n) is 12.9. The van der Waals surface area contributed by atoms with Crippen molar-refractivity contribution in [2.24, 2.45) is 5.92 Å². The minimum absolute atomic E-state index is 0.0220. The van der Waals surface area contributed by atoms with Crippen LogP contribution < -0.4 is 5.32 Å². The van der Waals surface area contributed by atoms with E-state index in [1.54, 1.807) is 10.9 Å². The molecular weight excluding hydrogens is 276 g/mol. The fourth-order valence-corrected chi connectivity index (χ4v) is 2.93. The second kappa shape index (κ2) is 6.64. The van der Waals surface area contributed by atoms with Gasteiger partial charge in [-0.2, -0.15) is 5.10 Å². The molecule has 1 aromatic heterocycles. The largest absolute Gasteiger partial charge is 0.324 e. The number of rotatable bonds is 4. The van der Waals surface area contributed by atoms with Gasteiger partial charge in [-0.1, -0.05) is 30.3 Å². The number of nitrogens with one attached hydrogen (secondary N) is 1. The van der Waals surface area contributed by atoms with Gasteiger partial charge >= 0.3 is 6.03 Å². The van der Waals surface area contributed by atoms with Gasteiger partial charge in [-0.15, -0.1) is 0 Å². The Morgan fingerprint density at radius 1 is 1.36 bits per heavy atom. The minimum Gasteiger partial charge on any atom is -0.324 e. The molecule has 116 valence electrons. The van der Waals surface area contributed by atoms with Crippen molar-refractivity contribution in [1.82, 2.24) is 14.7 Å². The molecule has 3 rings (SSSR count). The van der Waals surface area contributed by atoms with Crippen molar-refractivity contribution in [3.63, 3.8) is 0 Å². The number of aryl methyl sites for hydroxylation is 1. The Labute approximate surface area is 130 Å². The van der Waals surface area contributed by atoms with E-state index >= 15 is 0 Å². The third-order valence-electron chi connectivity index (χ3n) is 4.15. The molecule has 5 nitrogen and oxygen atoms in total. The highest BCUT2D eigenvalue weighted by molar-refractivity contribution is 5.89. The van der Waals surface area contributed by atoms with Gasteiger partial charge in [0.15, 0.2) is 0 Å². The first-order chi connectivity index (χ1) is 10.7. The summed E-state index contributed by atoms with van der Waals surface area (Å²) >= 11 is 0. The number of hydrogen-bond donors (Lipinski definition) is 1. The Hall–Kier alpha value is -2.30. The predicted molar refractivity (Wildman–Crippen MR) is 86.7 cm³/mol. The van der Waals surface area contributed by atoms with E-state index in [0.29, 0.717) is 5.92 Å². The Morgan fingerprint density at radius 2 is 2.18 bits per heavy atom. The van der Waals surface area contributed by atoms with Crippen LogP contribution in [0.2, 0.25) is 0 Å². The Kier molecular flexibility index (Phi) is 4.42. The summed E-state index contributed by atoms with van der Waals surface area (Å²) in [7, 11) is 0. The summed E-state index contributed by atoms with van der Waals surface area (Å²) in [5.41, 5.74) is 2.11. The monoisotopic (exact) mass is 298 g/mol. The van der Waals surface area contributed by atoms with Crippen LogP contribution in [0.3, 0.4) is 0 Å². The Balaban J connectivity index is 1.52. The first-order valence-corrected chi connectivity index (χ1v) is 7.87. The van der Waals surface area contributed by atoms with Gasteiger partial charge in [-0.25, -0.2) is 4.79 Å². The van der Waals surface area contributed by atoms with Crippen molar-refractivity contribution in [2.75, 3.05) is 18.4 Å². The molecule has 1 N–H and O–H groups in total. The van der Waals surface area contributed by atoms with Crippen LogP contribution in [0.15, 0.2) is 42.7 Å². The number of hydrogen-bond acceptors (Lipinski definition) is 2. The summed E-state index contributed by atoms with van der Waals surface area (Å²) in [6.07, 6.45) is 5.66. The maximum absolute atomic E-state index is 12.3. The van der Waals surface area contributed by atoms with Gasteiger partial charge in [-0.05, 0) is 31.2 Å². The summed E-state index contributed by atoms with van der Waals surface area (Å²) in [6, 6.07) is 10.5. The Bertz CT molecular complexity index is 623. The molecule has 0 aliphatic carbocycles. The number of aromatic nitrogens is 2. The smallest absolute Gasteiger partial charge is 0.321 e. The number of amides is 2. The standard InChI is InChI=1S/C17H22N4O/c1-2-21-13-16(11-18-21)19-17(22)20-9-8-15(12-20)10-14-6-4-3-5-7-14/h3-7,11,13,15H,2,8-10,12H2,1H3,(H,19,22). The molecule has 0 radical (unpaired) electrons. The second-order valence-electron chi connectivity index (χ2n) is 5.81. The van der Waals surface area contributed by atoms with Crippen LogP contribution in [0.1, 0.15) is 18.9 Å². The molecule has 1 unspecified atom stereocenters. The minimum atomic E-state index is -0.0220. The number of nitrogens with zero attached hydrogens (tertiary/aromatic N) is 3. The quantitative estimate of drug-likeness (QED) is 0.943. The molecule has 5 heteroatoms. The van der Waals surface area contributed by atoms with Crippen LogP contribution in [0.4, 0.5) is 10.5 Å². The van der Waals surface area contributed by atoms with E-state index in [2.05, 4.69) is 34.7 Å². The van der Waals surface area contributed by atoms with E-state index in [4.69, 9.17) is 0 Å². The van der Waals surface area contributed by atoms with Gasteiger partial charge in [-0.3, -0.25) is 4.68 Å². The fourth-order valence-electron chi connectivity index (χ4n) is 2.93. The lowest BCUT2D eigenvalue weighted by Crippen LogP contribution is -2.33. The van der Waals surface area contributed by atoms with Gasteiger partial charge in [0.1, 0.15) is 0 Å². The SMILES string of the molecule is CCn1cc(NC(=O)N2CCC(Cc3ccccc3)C2)cn1. The first kappa shape index (κ1) is 14.6. The van der Waals surface area contributed by atoms with E-state index < -0.39 is 0 Å². The summed E-state index contributed by atoms with van der Waals surface area (Å²) in [5, 5.41) is 7.10. The zero-order chi connectivity index (χ0) is 15.4. The number of carbonyl (C=O) groups is 1. The molecule has 0 bridgehead atoms. The van der Waals surface area contributed by atoms with Gasteiger partial charge in [0.05, 0.1) is 11.9 Å². The maximum Gasteiger partial charge on any atom is 0.321 e. The van der Waals surface area contributed by atoms with E-state index in [0.717, 1.165) is 38.2 Å². The van der Waals surface area contributed by atoms with Crippen molar-refractivity contribution in [3.05, 3.63) is 48.3 Å². The molecule has 1 saturated heterocycles. The number of carbonyl (C=O) groups excluding carboxylic acids is 1. The Morgan fingerprint density at radius 3 is 2.91 bits per heavy atom. The van der Waals surface area contributed by atoms with Gasteiger partial charge in [0, 0.05) is 25.8 Å². The number of urea groups is 1. The molecule has 1 atom stereocenters. The molecule has 1 aromatic carbocycles. The molecule has 22 heavy (non-hydrogen) atoms. The molecular formula is C17H22N4O. The third-order valence-corrected chi connectivity index (χ3v) is 4.15. The second-order valence-corrected chi connectivity index (χ2v) is 5.81. The predicted octanol–water partition coefficient (Wildman–Crippen LogP) is 3.00. The van der Waals surface area contributed by atoms with Crippen molar-refractivity contribution in [2.45, 2.75) is 26.3 Å². The van der Waals surface area contributed by atoms with E-state index in [-0.39, 0.29) is 6.03 Å². The average Bonchev–Trinajstić information content (AvgIpc) is 3.17. The maximum atomic E-state index is 12.3. The molecule has 2 amide bonds. The van der Waals surface area contributed by atoms with Gasteiger partial charge in [0.25, 0.3) is 0 Å². The van der Waals surface area contributed by atoms with E-state index in [1.807, 2.05) is 24.1 Å². The molecule has 2 heterocycles. The molecule has 2 aromatic rings.